The van der Waals surface area contributed by atoms with Crippen LogP contribution in [0.2, 0.25) is 0 Å². The summed E-state index contributed by atoms with van der Waals surface area (Å²) in [4.78, 5) is 4.46. The van der Waals surface area contributed by atoms with E-state index in [4.69, 9.17) is 0 Å². The highest BCUT2D eigenvalue weighted by Gasteiger charge is 2.08. The van der Waals surface area contributed by atoms with Gasteiger partial charge < -0.3 is 5.32 Å². The molecule has 0 radical (unpaired) electrons. The lowest BCUT2D eigenvalue weighted by Gasteiger charge is -2.13. The largest absolute Gasteiger partial charge is 0.353 e. The average molecular weight is 325 g/mol. The summed E-state index contributed by atoms with van der Waals surface area (Å²) in [6, 6.07) is 3.93. The zero-order chi connectivity index (χ0) is 13.7. The topological polar surface area (TPSA) is 42.2 Å². The predicted octanol–water partition coefficient (Wildman–Crippen LogP) is 4.12. The van der Waals surface area contributed by atoms with E-state index >= 15 is 0 Å². The Balaban J connectivity index is 1.97. The number of nitrogens with zero attached hydrogens (tertiary/aromatic N) is 3. The summed E-state index contributed by atoms with van der Waals surface area (Å²) >= 11 is 3.43. The van der Waals surface area contributed by atoms with Crippen molar-refractivity contribution in [1.82, 2.24) is 14.6 Å². The SMILES string of the molecule is CCCCC(CC)CNc1nc2ccc(Br)cn2n1. The zero-order valence-electron chi connectivity index (χ0n) is 11.6. The molecule has 2 heterocycles. The molecule has 5 heteroatoms. The van der Waals surface area contributed by atoms with Crippen LogP contribution in [0.4, 0.5) is 5.95 Å². The summed E-state index contributed by atoms with van der Waals surface area (Å²) in [5, 5.41) is 7.78. The fraction of sp³-hybridized carbons (Fsp3) is 0.571. The normalized spacial score (nSPS) is 12.8. The van der Waals surface area contributed by atoms with Crippen LogP contribution in [0.15, 0.2) is 22.8 Å². The van der Waals surface area contributed by atoms with Gasteiger partial charge in [-0.15, -0.1) is 5.10 Å². The van der Waals surface area contributed by atoms with Crippen LogP contribution < -0.4 is 5.32 Å². The third kappa shape index (κ3) is 3.93. The molecule has 104 valence electrons. The van der Waals surface area contributed by atoms with Gasteiger partial charge in [-0.05, 0) is 40.4 Å². The molecular formula is C14H21BrN4. The molecule has 0 saturated carbocycles. The van der Waals surface area contributed by atoms with Crippen molar-refractivity contribution >= 4 is 27.5 Å². The van der Waals surface area contributed by atoms with Gasteiger partial charge in [0.15, 0.2) is 5.65 Å². The van der Waals surface area contributed by atoms with E-state index in [1.807, 2.05) is 18.3 Å². The van der Waals surface area contributed by atoms with Crippen molar-refractivity contribution in [3.63, 3.8) is 0 Å². The van der Waals surface area contributed by atoms with Crippen molar-refractivity contribution in [2.45, 2.75) is 39.5 Å². The van der Waals surface area contributed by atoms with E-state index in [1.54, 1.807) is 4.52 Å². The molecule has 2 aromatic rings. The maximum atomic E-state index is 4.46. The predicted molar refractivity (Wildman–Crippen MR) is 82.5 cm³/mol. The van der Waals surface area contributed by atoms with Crippen molar-refractivity contribution < 1.29 is 0 Å². The number of anilines is 1. The van der Waals surface area contributed by atoms with Crippen LogP contribution in [-0.2, 0) is 0 Å². The molecule has 0 aliphatic carbocycles. The van der Waals surface area contributed by atoms with E-state index in [-0.39, 0.29) is 0 Å². The number of rotatable bonds is 7. The van der Waals surface area contributed by atoms with E-state index in [2.05, 4.69) is 45.2 Å². The second kappa shape index (κ2) is 6.89. The Morgan fingerprint density at radius 3 is 2.95 bits per heavy atom. The first-order chi connectivity index (χ1) is 9.22. The Labute approximate surface area is 122 Å². The van der Waals surface area contributed by atoms with Gasteiger partial charge >= 0.3 is 0 Å². The van der Waals surface area contributed by atoms with E-state index in [9.17, 15) is 0 Å². The molecule has 0 amide bonds. The second-order valence-corrected chi connectivity index (χ2v) is 5.80. The standard InChI is InChI=1S/C14H21BrN4/c1-3-5-6-11(4-2)9-16-14-17-13-8-7-12(15)10-19(13)18-14/h7-8,10-11H,3-6,9H2,1-2H3,(H,16,18). The van der Waals surface area contributed by atoms with Gasteiger partial charge in [0.2, 0.25) is 5.95 Å². The smallest absolute Gasteiger partial charge is 0.243 e. The second-order valence-electron chi connectivity index (χ2n) is 4.88. The molecule has 1 N–H and O–H groups in total. The summed E-state index contributed by atoms with van der Waals surface area (Å²) in [5.74, 6) is 1.42. The van der Waals surface area contributed by atoms with Crippen LogP contribution in [0.25, 0.3) is 5.65 Å². The van der Waals surface area contributed by atoms with Crippen molar-refractivity contribution in [1.29, 1.82) is 0 Å². The number of unbranched alkanes of at least 4 members (excludes halogenated alkanes) is 1. The van der Waals surface area contributed by atoms with Crippen LogP contribution in [-0.4, -0.2) is 21.1 Å². The van der Waals surface area contributed by atoms with E-state index in [0.717, 1.165) is 16.7 Å². The number of fused-ring (bicyclic) bond motifs is 1. The summed E-state index contributed by atoms with van der Waals surface area (Å²) in [7, 11) is 0. The highest BCUT2D eigenvalue weighted by atomic mass is 79.9. The number of aromatic nitrogens is 3. The maximum absolute atomic E-state index is 4.46. The Morgan fingerprint density at radius 2 is 2.21 bits per heavy atom. The molecule has 1 atom stereocenters. The van der Waals surface area contributed by atoms with Crippen LogP contribution in [0.5, 0.6) is 0 Å². The van der Waals surface area contributed by atoms with Crippen LogP contribution in [0.3, 0.4) is 0 Å². The molecule has 19 heavy (non-hydrogen) atoms. The summed E-state index contributed by atoms with van der Waals surface area (Å²) in [6.07, 6.45) is 6.95. The van der Waals surface area contributed by atoms with Crippen LogP contribution in [0, 0.1) is 5.92 Å². The Kier molecular flexibility index (Phi) is 5.19. The fourth-order valence-electron chi connectivity index (χ4n) is 2.11. The molecule has 1 unspecified atom stereocenters. The van der Waals surface area contributed by atoms with E-state index < -0.39 is 0 Å². The number of nitrogens with one attached hydrogen (secondary N) is 1. The maximum Gasteiger partial charge on any atom is 0.243 e. The zero-order valence-corrected chi connectivity index (χ0v) is 13.2. The molecule has 0 aliphatic heterocycles. The third-order valence-corrected chi connectivity index (χ3v) is 3.86. The first-order valence-corrected chi connectivity index (χ1v) is 7.78. The lowest BCUT2D eigenvalue weighted by molar-refractivity contribution is 0.472. The van der Waals surface area contributed by atoms with Gasteiger partial charge in [-0.25, -0.2) is 4.52 Å². The number of hydrogen-bond donors (Lipinski definition) is 1. The lowest BCUT2D eigenvalue weighted by atomic mass is 9.99. The quantitative estimate of drug-likeness (QED) is 0.833. The highest BCUT2D eigenvalue weighted by molar-refractivity contribution is 9.10. The van der Waals surface area contributed by atoms with Crippen molar-refractivity contribution in [3.05, 3.63) is 22.8 Å². The molecule has 0 bridgehead atoms. The van der Waals surface area contributed by atoms with Crippen molar-refractivity contribution in [2.24, 2.45) is 5.92 Å². The Hall–Kier alpha value is -1.10. The van der Waals surface area contributed by atoms with Gasteiger partial charge in [-0.1, -0.05) is 33.1 Å². The molecule has 2 rings (SSSR count). The van der Waals surface area contributed by atoms with Crippen molar-refractivity contribution in [2.75, 3.05) is 11.9 Å². The Bertz CT molecular complexity index is 523. The molecule has 0 aromatic carbocycles. The first-order valence-electron chi connectivity index (χ1n) is 6.98. The van der Waals surface area contributed by atoms with Gasteiger partial charge in [0.1, 0.15) is 0 Å². The molecular weight excluding hydrogens is 304 g/mol. The molecule has 0 spiro atoms. The summed E-state index contributed by atoms with van der Waals surface area (Å²) in [5.41, 5.74) is 0.868. The van der Waals surface area contributed by atoms with Crippen molar-refractivity contribution in [3.8, 4) is 0 Å². The highest BCUT2D eigenvalue weighted by Crippen LogP contribution is 2.15. The minimum atomic E-state index is 0.707. The first kappa shape index (κ1) is 14.3. The van der Waals surface area contributed by atoms with Crippen LogP contribution >= 0.6 is 15.9 Å². The molecule has 0 fully saturated rings. The summed E-state index contributed by atoms with van der Waals surface area (Å²) in [6.45, 7) is 5.44. The Morgan fingerprint density at radius 1 is 1.37 bits per heavy atom. The third-order valence-electron chi connectivity index (χ3n) is 3.39. The monoisotopic (exact) mass is 324 g/mol. The minimum Gasteiger partial charge on any atom is -0.353 e. The molecule has 0 saturated heterocycles. The van der Waals surface area contributed by atoms with E-state index in [1.165, 1.54) is 25.7 Å². The fourth-order valence-corrected chi connectivity index (χ4v) is 2.44. The van der Waals surface area contributed by atoms with Gasteiger partial charge in [0.05, 0.1) is 0 Å². The number of halogens is 1. The molecule has 2 aromatic heterocycles. The van der Waals surface area contributed by atoms with Gasteiger partial charge in [-0.3, -0.25) is 0 Å². The number of pyridine rings is 1. The van der Waals surface area contributed by atoms with E-state index in [0.29, 0.717) is 11.9 Å². The molecule has 0 aliphatic rings. The summed E-state index contributed by atoms with van der Waals surface area (Å²) < 4.78 is 2.80. The molecule has 4 nitrogen and oxygen atoms in total. The van der Waals surface area contributed by atoms with Crippen LogP contribution in [0.1, 0.15) is 39.5 Å². The lowest BCUT2D eigenvalue weighted by Crippen LogP contribution is -2.14. The number of hydrogen-bond acceptors (Lipinski definition) is 3. The minimum absolute atomic E-state index is 0.707. The average Bonchev–Trinajstić information content (AvgIpc) is 2.81. The van der Waals surface area contributed by atoms with Gasteiger partial charge in [-0.2, -0.15) is 4.98 Å². The van der Waals surface area contributed by atoms with Gasteiger partial charge in [0, 0.05) is 17.2 Å². The van der Waals surface area contributed by atoms with Gasteiger partial charge in [0.25, 0.3) is 0 Å².